The van der Waals surface area contributed by atoms with Gasteiger partial charge < -0.3 is 14.1 Å². The fraction of sp³-hybridized carbons (Fsp3) is 0.0870. The average Bonchev–Trinajstić information content (AvgIpc) is 3.51. The Balaban J connectivity index is 1.47. The lowest BCUT2D eigenvalue weighted by atomic mass is 10.1. The number of para-hydroxylation sites is 1. The van der Waals surface area contributed by atoms with Crippen LogP contribution < -0.4 is 0 Å². The smallest absolute Gasteiger partial charge is 0.230 e. The van der Waals surface area contributed by atoms with Gasteiger partial charge in [0, 0.05) is 41.1 Å². The van der Waals surface area contributed by atoms with Crippen LogP contribution in [-0.4, -0.2) is 29.9 Å². The predicted molar refractivity (Wildman–Crippen MR) is 116 cm³/mol. The second kappa shape index (κ2) is 7.65. The lowest BCUT2D eigenvalue weighted by Crippen LogP contribution is -2.04. The molecule has 0 unspecified atom stereocenters. The second-order valence-electron chi connectivity index (χ2n) is 7.14. The Hall–Kier alpha value is -3.64. The summed E-state index contributed by atoms with van der Waals surface area (Å²) in [5.41, 5.74) is 3.59. The Morgan fingerprint density at radius 3 is 2.70 bits per heavy atom. The Kier molecular flexibility index (Phi) is 4.69. The monoisotopic (exact) mass is 415 g/mol. The maximum atomic E-state index is 13.2. The first kappa shape index (κ1) is 18.4. The van der Waals surface area contributed by atoms with E-state index in [1.807, 2.05) is 65.5 Å². The SMILES string of the molecule is O=C(c1ncc(Cn2ccnc2)[nH]1)c1cn(Cc2ccc(Cl)cc2)c2ccccc12. The molecular weight excluding hydrogens is 398 g/mol. The molecular formula is C23H18ClN5O. The molecule has 5 aromatic rings. The van der Waals surface area contributed by atoms with Crippen molar-refractivity contribution < 1.29 is 4.79 Å². The van der Waals surface area contributed by atoms with Gasteiger partial charge in [-0.1, -0.05) is 41.9 Å². The van der Waals surface area contributed by atoms with Crippen LogP contribution in [0, 0.1) is 0 Å². The van der Waals surface area contributed by atoms with E-state index < -0.39 is 0 Å². The molecule has 7 heteroatoms. The maximum absolute atomic E-state index is 13.2. The Morgan fingerprint density at radius 2 is 1.90 bits per heavy atom. The van der Waals surface area contributed by atoms with Crippen LogP contribution in [0.4, 0.5) is 0 Å². The summed E-state index contributed by atoms with van der Waals surface area (Å²) in [7, 11) is 0. The third-order valence-electron chi connectivity index (χ3n) is 5.06. The number of aromatic nitrogens is 5. The van der Waals surface area contributed by atoms with Gasteiger partial charge in [-0.25, -0.2) is 9.97 Å². The number of aromatic amines is 1. The molecule has 30 heavy (non-hydrogen) atoms. The summed E-state index contributed by atoms with van der Waals surface area (Å²) in [6, 6.07) is 15.6. The molecule has 0 aliphatic heterocycles. The fourth-order valence-electron chi connectivity index (χ4n) is 3.60. The highest BCUT2D eigenvalue weighted by Crippen LogP contribution is 2.24. The van der Waals surface area contributed by atoms with E-state index in [2.05, 4.69) is 19.5 Å². The van der Waals surface area contributed by atoms with Crippen molar-refractivity contribution in [2.24, 2.45) is 0 Å². The molecule has 0 spiro atoms. The third-order valence-corrected chi connectivity index (χ3v) is 5.31. The number of carbonyl (C=O) groups excluding carboxylic acids is 1. The van der Waals surface area contributed by atoms with E-state index in [9.17, 15) is 4.79 Å². The number of hydrogen-bond acceptors (Lipinski definition) is 3. The van der Waals surface area contributed by atoms with E-state index in [0.29, 0.717) is 29.5 Å². The van der Waals surface area contributed by atoms with E-state index >= 15 is 0 Å². The zero-order valence-electron chi connectivity index (χ0n) is 16.0. The molecule has 0 amide bonds. The topological polar surface area (TPSA) is 68.5 Å². The Morgan fingerprint density at radius 1 is 1.07 bits per heavy atom. The summed E-state index contributed by atoms with van der Waals surface area (Å²) in [5.74, 6) is 0.206. The highest BCUT2D eigenvalue weighted by atomic mass is 35.5. The number of rotatable bonds is 6. The molecule has 0 bridgehead atoms. The first-order valence-corrected chi connectivity index (χ1v) is 9.92. The summed E-state index contributed by atoms with van der Waals surface area (Å²) < 4.78 is 4.00. The van der Waals surface area contributed by atoms with Crippen molar-refractivity contribution >= 4 is 28.3 Å². The van der Waals surface area contributed by atoms with E-state index in [-0.39, 0.29) is 5.78 Å². The predicted octanol–water partition coefficient (Wildman–Crippen LogP) is 4.54. The lowest BCUT2D eigenvalue weighted by Gasteiger charge is -2.05. The molecule has 0 atom stereocenters. The van der Waals surface area contributed by atoms with Crippen LogP contribution >= 0.6 is 11.6 Å². The zero-order chi connectivity index (χ0) is 20.5. The molecule has 148 valence electrons. The third kappa shape index (κ3) is 3.53. The van der Waals surface area contributed by atoms with Crippen molar-refractivity contribution in [2.45, 2.75) is 13.1 Å². The standard InChI is InChI=1S/C23H18ClN5O/c24-17-7-5-16(6-8-17)12-29-14-20(19-3-1-2-4-21(19)29)22(30)23-26-11-18(27-23)13-28-10-9-25-15-28/h1-11,14-15H,12-13H2,(H,26,27). The molecule has 3 aromatic heterocycles. The van der Waals surface area contributed by atoms with Crippen LogP contribution in [0.2, 0.25) is 5.02 Å². The van der Waals surface area contributed by atoms with Gasteiger partial charge >= 0.3 is 0 Å². The Labute approximate surface area is 177 Å². The number of fused-ring (bicyclic) bond motifs is 1. The normalized spacial score (nSPS) is 11.2. The van der Waals surface area contributed by atoms with Crippen molar-refractivity contribution in [3.63, 3.8) is 0 Å². The summed E-state index contributed by atoms with van der Waals surface area (Å²) in [5, 5.41) is 1.61. The van der Waals surface area contributed by atoms with Gasteiger partial charge in [-0.2, -0.15) is 0 Å². The fourth-order valence-corrected chi connectivity index (χ4v) is 3.73. The molecule has 0 saturated heterocycles. The first-order chi connectivity index (χ1) is 14.7. The minimum atomic E-state index is -0.127. The number of H-pyrrole nitrogens is 1. The highest BCUT2D eigenvalue weighted by Gasteiger charge is 2.19. The molecule has 0 radical (unpaired) electrons. The number of benzene rings is 2. The summed E-state index contributed by atoms with van der Waals surface area (Å²) >= 11 is 6.00. The van der Waals surface area contributed by atoms with Crippen molar-refractivity contribution in [3.05, 3.63) is 107 Å². The highest BCUT2D eigenvalue weighted by molar-refractivity contribution is 6.30. The number of nitrogens with zero attached hydrogens (tertiary/aromatic N) is 4. The van der Waals surface area contributed by atoms with Gasteiger partial charge in [0.2, 0.25) is 5.78 Å². The quantitative estimate of drug-likeness (QED) is 0.414. The van der Waals surface area contributed by atoms with Crippen molar-refractivity contribution in [1.29, 1.82) is 0 Å². The summed E-state index contributed by atoms with van der Waals surface area (Å²) in [6.45, 7) is 1.23. The minimum absolute atomic E-state index is 0.127. The molecule has 0 aliphatic carbocycles. The number of ketones is 1. The van der Waals surface area contributed by atoms with E-state index in [4.69, 9.17) is 11.6 Å². The first-order valence-electron chi connectivity index (χ1n) is 9.54. The van der Waals surface area contributed by atoms with Crippen LogP contribution in [0.5, 0.6) is 0 Å². The summed E-state index contributed by atoms with van der Waals surface area (Å²) in [6.07, 6.45) is 8.91. The van der Waals surface area contributed by atoms with Gasteiger partial charge in [-0.15, -0.1) is 0 Å². The van der Waals surface area contributed by atoms with E-state index in [1.165, 1.54) is 0 Å². The number of nitrogens with one attached hydrogen (secondary N) is 1. The van der Waals surface area contributed by atoms with E-state index in [1.54, 1.807) is 18.7 Å². The summed E-state index contributed by atoms with van der Waals surface area (Å²) in [4.78, 5) is 24.7. The average molecular weight is 416 g/mol. The van der Waals surface area contributed by atoms with Crippen LogP contribution in [0.25, 0.3) is 10.9 Å². The number of imidazole rings is 2. The molecule has 0 aliphatic rings. The van der Waals surface area contributed by atoms with Gasteiger partial charge in [0.25, 0.3) is 0 Å². The largest absolute Gasteiger partial charge is 0.342 e. The van der Waals surface area contributed by atoms with Gasteiger partial charge in [0.1, 0.15) is 0 Å². The van der Waals surface area contributed by atoms with Gasteiger partial charge in [0.15, 0.2) is 5.82 Å². The number of carbonyl (C=O) groups is 1. The van der Waals surface area contributed by atoms with Crippen LogP contribution in [0.15, 0.2) is 79.6 Å². The van der Waals surface area contributed by atoms with Crippen LogP contribution in [-0.2, 0) is 13.1 Å². The van der Waals surface area contributed by atoms with Crippen molar-refractivity contribution in [1.82, 2.24) is 24.1 Å². The van der Waals surface area contributed by atoms with Crippen molar-refractivity contribution in [3.8, 4) is 0 Å². The lowest BCUT2D eigenvalue weighted by molar-refractivity contribution is 0.103. The van der Waals surface area contributed by atoms with Crippen LogP contribution in [0.1, 0.15) is 27.4 Å². The maximum Gasteiger partial charge on any atom is 0.230 e. The molecule has 0 fully saturated rings. The van der Waals surface area contributed by atoms with E-state index in [0.717, 1.165) is 22.2 Å². The molecule has 5 rings (SSSR count). The second-order valence-corrected chi connectivity index (χ2v) is 7.57. The molecule has 2 aromatic carbocycles. The molecule has 0 saturated carbocycles. The molecule has 6 nitrogen and oxygen atoms in total. The minimum Gasteiger partial charge on any atom is -0.342 e. The Bertz CT molecular complexity index is 1320. The van der Waals surface area contributed by atoms with Gasteiger partial charge in [-0.3, -0.25) is 4.79 Å². The van der Waals surface area contributed by atoms with Gasteiger partial charge in [-0.05, 0) is 23.8 Å². The van der Waals surface area contributed by atoms with Crippen molar-refractivity contribution in [2.75, 3.05) is 0 Å². The zero-order valence-corrected chi connectivity index (χ0v) is 16.8. The molecule has 3 heterocycles. The number of halogens is 1. The van der Waals surface area contributed by atoms with Gasteiger partial charge in [0.05, 0.1) is 30.3 Å². The molecule has 1 N–H and O–H groups in total. The van der Waals surface area contributed by atoms with Crippen LogP contribution in [0.3, 0.4) is 0 Å². The number of hydrogen-bond donors (Lipinski definition) is 1.